The third-order valence-corrected chi connectivity index (χ3v) is 5.44. The van der Waals surface area contributed by atoms with Crippen molar-refractivity contribution in [3.8, 4) is 33.9 Å². The predicted molar refractivity (Wildman–Crippen MR) is 133 cm³/mol. The first-order valence-corrected chi connectivity index (χ1v) is 10.5. The Kier molecular flexibility index (Phi) is 5.00. The summed E-state index contributed by atoms with van der Waals surface area (Å²) >= 11 is 0. The summed E-state index contributed by atoms with van der Waals surface area (Å²) in [5.41, 5.74) is 7.39. The van der Waals surface area contributed by atoms with E-state index in [1.165, 1.54) is 0 Å². The molecule has 154 valence electrons. The fourth-order valence-electron chi connectivity index (χ4n) is 3.86. The van der Waals surface area contributed by atoms with Crippen LogP contribution in [0.2, 0.25) is 0 Å². The fourth-order valence-corrected chi connectivity index (χ4v) is 3.86. The fraction of sp³-hybridized carbons (Fsp3) is 0.0345. The normalized spacial score (nSPS) is 10.9. The van der Waals surface area contributed by atoms with Crippen molar-refractivity contribution in [2.75, 3.05) is 0 Å². The van der Waals surface area contributed by atoms with E-state index in [1.807, 2.05) is 79.7 Å². The van der Waals surface area contributed by atoms with Crippen molar-refractivity contribution in [3.63, 3.8) is 0 Å². The van der Waals surface area contributed by atoms with Gasteiger partial charge < -0.3 is 4.42 Å². The van der Waals surface area contributed by atoms with Crippen molar-refractivity contribution in [1.82, 2.24) is 9.97 Å². The van der Waals surface area contributed by atoms with Gasteiger partial charge >= 0.3 is 0 Å². The van der Waals surface area contributed by atoms with Gasteiger partial charge in [0.2, 0.25) is 0 Å². The lowest BCUT2D eigenvalue weighted by Gasteiger charge is -2.09. The van der Waals surface area contributed by atoms with Gasteiger partial charge in [0, 0.05) is 27.6 Å². The van der Waals surface area contributed by atoms with Gasteiger partial charge in [0.15, 0.2) is 5.82 Å². The van der Waals surface area contributed by atoms with Gasteiger partial charge in [-0.2, -0.15) is 0 Å². The molecular formula is C29H22N2O. The van der Waals surface area contributed by atoms with Crippen molar-refractivity contribution in [2.45, 2.75) is 6.92 Å². The van der Waals surface area contributed by atoms with Gasteiger partial charge in [0.05, 0.1) is 11.4 Å². The van der Waals surface area contributed by atoms with Gasteiger partial charge in [-0.1, -0.05) is 79.9 Å². The van der Waals surface area contributed by atoms with Crippen LogP contribution >= 0.6 is 0 Å². The molecule has 2 aromatic heterocycles. The lowest BCUT2D eigenvalue weighted by molar-refractivity contribution is 0.599. The van der Waals surface area contributed by atoms with Gasteiger partial charge in [-0.05, 0) is 36.8 Å². The molecule has 0 aliphatic rings. The summed E-state index contributed by atoms with van der Waals surface area (Å²) in [5.74, 6) is 1.46. The largest absolute Gasteiger partial charge is 0.456 e. The average molecular weight is 415 g/mol. The molecule has 0 spiro atoms. The summed E-state index contributed by atoms with van der Waals surface area (Å²) in [6.45, 7) is 9.96. The molecule has 3 heteroatoms. The molecule has 0 atom stereocenters. The number of nitrogens with zero attached hydrogens (tertiary/aromatic N) is 2. The molecule has 0 saturated heterocycles. The highest BCUT2D eigenvalue weighted by molar-refractivity contribution is 5.94. The minimum atomic E-state index is 0.695. The van der Waals surface area contributed by atoms with E-state index in [9.17, 15) is 0 Å². The van der Waals surface area contributed by atoms with Crippen molar-refractivity contribution in [2.24, 2.45) is 0 Å². The van der Waals surface area contributed by atoms with E-state index in [2.05, 4.69) is 31.4 Å². The Bertz CT molecular complexity index is 1390. The Morgan fingerprint density at radius 3 is 2.03 bits per heavy atom. The second kappa shape index (κ2) is 8.12. The number of fused-ring (bicyclic) bond motifs is 1. The number of hydrogen-bond acceptors (Lipinski definition) is 3. The maximum atomic E-state index is 6.02. The van der Waals surface area contributed by atoms with E-state index < -0.39 is 0 Å². The Labute approximate surface area is 187 Å². The minimum Gasteiger partial charge on any atom is -0.456 e. The second-order valence-corrected chi connectivity index (χ2v) is 7.73. The molecule has 3 nitrogen and oxygen atoms in total. The van der Waals surface area contributed by atoms with Gasteiger partial charge in [0.25, 0.3) is 0 Å². The van der Waals surface area contributed by atoms with Crippen molar-refractivity contribution in [3.05, 3.63) is 109 Å². The molecule has 0 radical (unpaired) electrons. The zero-order valence-corrected chi connectivity index (χ0v) is 17.9. The molecule has 0 saturated carbocycles. The van der Waals surface area contributed by atoms with Crippen LogP contribution in [0.15, 0.2) is 103 Å². The Hall–Kier alpha value is -4.24. The van der Waals surface area contributed by atoms with Crippen LogP contribution in [-0.2, 0) is 0 Å². The number of benzene rings is 3. The van der Waals surface area contributed by atoms with Crippen LogP contribution in [0.4, 0.5) is 0 Å². The number of furan rings is 1. The SMILES string of the molecule is C=Cc1c(C(=C)C)oc2ccc(-c3cc(-c4ccccc4)nc(-c4ccccc4)n3)cc12. The van der Waals surface area contributed by atoms with Crippen LogP contribution in [-0.4, -0.2) is 9.97 Å². The maximum Gasteiger partial charge on any atom is 0.160 e. The summed E-state index contributed by atoms with van der Waals surface area (Å²) in [7, 11) is 0. The van der Waals surface area contributed by atoms with E-state index in [-0.39, 0.29) is 0 Å². The lowest BCUT2D eigenvalue weighted by atomic mass is 10.0. The number of aromatic nitrogens is 2. The molecule has 0 N–H and O–H groups in total. The zero-order valence-electron chi connectivity index (χ0n) is 17.9. The van der Waals surface area contributed by atoms with Gasteiger partial charge in [-0.15, -0.1) is 0 Å². The molecule has 32 heavy (non-hydrogen) atoms. The number of allylic oxidation sites excluding steroid dienone is 1. The molecule has 2 heterocycles. The number of rotatable bonds is 5. The molecule has 0 amide bonds. The molecule has 0 unspecified atom stereocenters. The van der Waals surface area contributed by atoms with E-state index in [4.69, 9.17) is 14.4 Å². The first-order chi connectivity index (χ1) is 15.6. The van der Waals surface area contributed by atoms with Crippen LogP contribution in [0.5, 0.6) is 0 Å². The van der Waals surface area contributed by atoms with Crippen LogP contribution in [0.1, 0.15) is 18.2 Å². The van der Waals surface area contributed by atoms with Gasteiger partial charge in [0.1, 0.15) is 11.3 Å². The first-order valence-electron chi connectivity index (χ1n) is 10.5. The summed E-state index contributed by atoms with van der Waals surface area (Å²) in [6.07, 6.45) is 1.82. The molecule has 5 rings (SSSR count). The van der Waals surface area contributed by atoms with E-state index in [0.29, 0.717) is 5.82 Å². The third kappa shape index (κ3) is 3.54. The highest BCUT2D eigenvalue weighted by Gasteiger charge is 2.15. The lowest BCUT2D eigenvalue weighted by Crippen LogP contribution is -1.95. The Morgan fingerprint density at radius 2 is 1.41 bits per heavy atom. The second-order valence-electron chi connectivity index (χ2n) is 7.73. The quantitative estimate of drug-likeness (QED) is 0.293. The highest BCUT2D eigenvalue weighted by Crippen LogP contribution is 2.35. The molecule has 3 aromatic carbocycles. The Morgan fingerprint density at radius 1 is 0.781 bits per heavy atom. The third-order valence-electron chi connectivity index (χ3n) is 5.44. The molecular weight excluding hydrogens is 392 g/mol. The smallest absolute Gasteiger partial charge is 0.160 e. The topological polar surface area (TPSA) is 38.9 Å². The average Bonchev–Trinajstić information content (AvgIpc) is 3.23. The molecule has 0 aliphatic carbocycles. The molecule has 0 fully saturated rings. The zero-order chi connectivity index (χ0) is 22.1. The minimum absolute atomic E-state index is 0.695. The standard InChI is InChI=1S/C29H22N2O/c1-4-23-24-17-22(15-16-27(24)32-28(23)19(2)3)26-18-25(20-11-7-5-8-12-20)30-29(31-26)21-13-9-6-10-14-21/h4-18H,1-2H2,3H3. The summed E-state index contributed by atoms with van der Waals surface area (Å²) in [5, 5.41) is 0.997. The van der Waals surface area contributed by atoms with Crippen LogP contribution < -0.4 is 0 Å². The first kappa shape index (κ1) is 19.7. The van der Waals surface area contributed by atoms with Gasteiger partial charge in [-0.25, -0.2) is 9.97 Å². The van der Waals surface area contributed by atoms with E-state index >= 15 is 0 Å². The molecule has 5 aromatic rings. The summed E-state index contributed by atoms with van der Waals surface area (Å²) in [6, 6.07) is 28.4. The van der Waals surface area contributed by atoms with Crippen molar-refractivity contribution < 1.29 is 4.42 Å². The molecule has 0 bridgehead atoms. The summed E-state index contributed by atoms with van der Waals surface area (Å²) in [4.78, 5) is 9.78. The van der Waals surface area contributed by atoms with E-state index in [0.717, 1.165) is 55.9 Å². The summed E-state index contributed by atoms with van der Waals surface area (Å²) < 4.78 is 6.02. The molecule has 0 aliphatic heterocycles. The predicted octanol–water partition coefficient (Wildman–Crippen LogP) is 7.90. The Balaban J connectivity index is 1.73. The number of hydrogen-bond donors (Lipinski definition) is 0. The van der Waals surface area contributed by atoms with Crippen molar-refractivity contribution >= 4 is 22.6 Å². The van der Waals surface area contributed by atoms with Gasteiger partial charge in [-0.3, -0.25) is 0 Å². The van der Waals surface area contributed by atoms with E-state index in [1.54, 1.807) is 0 Å². The highest BCUT2D eigenvalue weighted by atomic mass is 16.3. The van der Waals surface area contributed by atoms with Crippen LogP contribution in [0.25, 0.3) is 56.5 Å². The van der Waals surface area contributed by atoms with Crippen molar-refractivity contribution in [1.29, 1.82) is 0 Å². The monoisotopic (exact) mass is 414 g/mol. The van der Waals surface area contributed by atoms with Crippen LogP contribution in [0.3, 0.4) is 0 Å². The van der Waals surface area contributed by atoms with Crippen LogP contribution in [0, 0.1) is 0 Å². The maximum absolute atomic E-state index is 6.02.